The van der Waals surface area contributed by atoms with Gasteiger partial charge in [-0.25, -0.2) is 9.59 Å². The number of hydrogen-bond donors (Lipinski definition) is 1. The minimum Gasteiger partial charge on any atom is -0.482 e. The molecule has 7 nitrogen and oxygen atoms in total. The summed E-state index contributed by atoms with van der Waals surface area (Å²) in [5, 5.41) is 4.04. The van der Waals surface area contributed by atoms with Crippen molar-refractivity contribution in [3.63, 3.8) is 0 Å². The van der Waals surface area contributed by atoms with Crippen LogP contribution in [-0.2, 0) is 14.3 Å². The summed E-state index contributed by atoms with van der Waals surface area (Å²) >= 11 is 11.8. The first kappa shape index (κ1) is 21.7. The normalized spacial score (nSPS) is 11.7. The van der Waals surface area contributed by atoms with Gasteiger partial charge in [-0.2, -0.15) is 0 Å². The monoisotopic (exact) mass is 449 g/mol. The maximum absolute atomic E-state index is 12.2. The van der Waals surface area contributed by atoms with E-state index in [1.165, 1.54) is 37.3 Å². The van der Waals surface area contributed by atoms with Crippen molar-refractivity contribution in [1.29, 1.82) is 0 Å². The Morgan fingerprint density at radius 2 is 1.80 bits per heavy atom. The number of amides is 1. The number of hydrogen-bond acceptors (Lipinski definition) is 6. The van der Waals surface area contributed by atoms with E-state index in [0.717, 1.165) is 10.9 Å². The first-order chi connectivity index (χ1) is 14.2. The van der Waals surface area contributed by atoms with E-state index in [9.17, 15) is 14.4 Å². The smallest absolute Gasteiger partial charge is 0.344 e. The maximum Gasteiger partial charge on any atom is 0.344 e. The number of nitrogens with one attached hydrogen (secondary N) is 1. The number of rotatable bonds is 6. The second-order valence-corrected chi connectivity index (χ2v) is 7.35. The minimum absolute atomic E-state index is 0.318. The van der Waals surface area contributed by atoms with Crippen LogP contribution in [0.15, 0.2) is 51.7 Å². The summed E-state index contributed by atoms with van der Waals surface area (Å²) in [6.45, 7) is 2.79. The zero-order valence-corrected chi connectivity index (χ0v) is 17.5. The lowest BCUT2D eigenvalue weighted by atomic mass is 10.1. The molecule has 9 heteroatoms. The number of anilines is 1. The number of ether oxygens (including phenoxy) is 2. The molecule has 0 bridgehead atoms. The topological polar surface area (TPSA) is 94.8 Å². The summed E-state index contributed by atoms with van der Waals surface area (Å²) in [5.41, 5.74) is 1.02. The lowest BCUT2D eigenvalue weighted by Crippen LogP contribution is -2.31. The molecular formula is C21H17Cl2NO6. The van der Waals surface area contributed by atoms with E-state index < -0.39 is 30.2 Å². The van der Waals surface area contributed by atoms with Crippen LogP contribution < -0.4 is 15.7 Å². The second-order valence-electron chi connectivity index (χ2n) is 6.47. The predicted octanol–water partition coefficient (Wildman–Crippen LogP) is 4.36. The Balaban J connectivity index is 1.56. The molecule has 3 aromatic rings. The van der Waals surface area contributed by atoms with Crippen LogP contribution in [0.1, 0.15) is 12.5 Å². The zero-order valence-electron chi connectivity index (χ0n) is 16.0. The van der Waals surface area contributed by atoms with Gasteiger partial charge in [0, 0.05) is 33.3 Å². The number of fused-ring (bicyclic) bond motifs is 1. The molecule has 1 heterocycles. The van der Waals surface area contributed by atoms with Gasteiger partial charge in [0.15, 0.2) is 12.7 Å². The fourth-order valence-electron chi connectivity index (χ4n) is 2.69. The highest BCUT2D eigenvalue weighted by Crippen LogP contribution is 2.23. The zero-order chi connectivity index (χ0) is 21.8. The fraction of sp³-hybridized carbons (Fsp3) is 0.190. The molecule has 0 saturated heterocycles. The second kappa shape index (κ2) is 9.19. The predicted molar refractivity (Wildman–Crippen MR) is 113 cm³/mol. The van der Waals surface area contributed by atoms with Gasteiger partial charge in [0.1, 0.15) is 11.3 Å². The largest absolute Gasteiger partial charge is 0.482 e. The first-order valence-electron chi connectivity index (χ1n) is 8.85. The van der Waals surface area contributed by atoms with E-state index in [1.807, 2.05) is 0 Å². The Labute approximate surface area is 181 Å². The lowest BCUT2D eigenvalue weighted by Gasteiger charge is -2.14. The Bertz CT molecular complexity index is 1150. The average molecular weight is 450 g/mol. The highest BCUT2D eigenvalue weighted by atomic mass is 35.5. The van der Waals surface area contributed by atoms with Gasteiger partial charge in [-0.15, -0.1) is 0 Å². The summed E-state index contributed by atoms with van der Waals surface area (Å²) in [7, 11) is 0. The summed E-state index contributed by atoms with van der Waals surface area (Å²) in [6.07, 6.45) is -1.07. The summed E-state index contributed by atoms with van der Waals surface area (Å²) in [4.78, 5) is 35.7. The SMILES string of the molecule is Cc1cc(=O)oc2cc(OCC(=O)OC(C)C(=O)Nc3cc(Cl)cc(Cl)c3)ccc12. The first-order valence-corrected chi connectivity index (χ1v) is 9.60. The molecule has 0 fully saturated rings. The van der Waals surface area contributed by atoms with Gasteiger partial charge >= 0.3 is 11.6 Å². The number of benzene rings is 2. The van der Waals surface area contributed by atoms with Crippen LogP contribution >= 0.6 is 23.2 Å². The molecule has 2 aromatic carbocycles. The van der Waals surface area contributed by atoms with E-state index in [2.05, 4.69) is 5.32 Å². The molecule has 0 aliphatic carbocycles. The van der Waals surface area contributed by atoms with Gasteiger partial charge in [0.25, 0.3) is 5.91 Å². The molecule has 1 unspecified atom stereocenters. The van der Waals surface area contributed by atoms with Crippen LogP contribution in [0.3, 0.4) is 0 Å². The van der Waals surface area contributed by atoms with Crippen LogP contribution in [0.5, 0.6) is 5.75 Å². The van der Waals surface area contributed by atoms with E-state index in [4.69, 9.17) is 37.1 Å². The highest BCUT2D eigenvalue weighted by Gasteiger charge is 2.19. The molecule has 0 aliphatic heterocycles. The van der Waals surface area contributed by atoms with Crippen LogP contribution in [0.4, 0.5) is 5.69 Å². The van der Waals surface area contributed by atoms with Crippen molar-refractivity contribution in [2.24, 2.45) is 0 Å². The molecule has 1 amide bonds. The third-order valence-electron chi connectivity index (χ3n) is 4.09. The maximum atomic E-state index is 12.2. The van der Waals surface area contributed by atoms with E-state index in [-0.39, 0.29) is 0 Å². The quantitative estimate of drug-likeness (QED) is 0.443. The van der Waals surface area contributed by atoms with Crippen molar-refractivity contribution in [3.05, 3.63) is 68.5 Å². The molecule has 156 valence electrons. The van der Waals surface area contributed by atoms with Crippen molar-refractivity contribution in [1.82, 2.24) is 0 Å². The van der Waals surface area contributed by atoms with Gasteiger partial charge in [0.05, 0.1) is 0 Å². The Morgan fingerprint density at radius 1 is 1.10 bits per heavy atom. The molecule has 1 N–H and O–H groups in total. The fourth-order valence-corrected chi connectivity index (χ4v) is 3.22. The number of carbonyl (C=O) groups is 2. The van der Waals surface area contributed by atoms with Crippen molar-refractivity contribution in [2.75, 3.05) is 11.9 Å². The molecule has 1 aromatic heterocycles. The number of halogens is 2. The summed E-state index contributed by atoms with van der Waals surface area (Å²) in [5.74, 6) is -0.976. The van der Waals surface area contributed by atoms with Crippen LogP contribution in [0.2, 0.25) is 10.0 Å². The van der Waals surface area contributed by atoms with Gasteiger partial charge in [-0.1, -0.05) is 23.2 Å². The molecule has 0 spiro atoms. The lowest BCUT2D eigenvalue weighted by molar-refractivity contribution is -0.155. The van der Waals surface area contributed by atoms with Crippen LogP contribution in [0.25, 0.3) is 11.0 Å². The van der Waals surface area contributed by atoms with Crippen LogP contribution in [-0.4, -0.2) is 24.6 Å². The minimum atomic E-state index is -1.07. The van der Waals surface area contributed by atoms with E-state index in [0.29, 0.717) is 27.1 Å². The third kappa shape index (κ3) is 5.52. The summed E-state index contributed by atoms with van der Waals surface area (Å²) in [6, 6.07) is 10.8. The van der Waals surface area contributed by atoms with Gasteiger partial charge in [-0.05, 0) is 49.7 Å². The molecule has 3 rings (SSSR count). The Hall–Kier alpha value is -3.03. The highest BCUT2D eigenvalue weighted by molar-refractivity contribution is 6.35. The van der Waals surface area contributed by atoms with Crippen molar-refractivity contribution in [2.45, 2.75) is 20.0 Å². The molecule has 0 radical (unpaired) electrons. The van der Waals surface area contributed by atoms with Gasteiger partial charge < -0.3 is 19.2 Å². The molecular weight excluding hydrogens is 433 g/mol. The van der Waals surface area contributed by atoms with Crippen molar-refractivity contribution < 1.29 is 23.5 Å². The molecule has 30 heavy (non-hydrogen) atoms. The Morgan fingerprint density at radius 3 is 2.50 bits per heavy atom. The molecule has 0 aliphatic rings. The standard InChI is InChI=1S/C21H17Cl2NO6/c1-11-5-19(25)30-18-9-16(3-4-17(11)18)28-10-20(26)29-12(2)21(27)24-15-7-13(22)6-14(23)8-15/h3-9,12H,10H2,1-2H3,(H,24,27). The van der Waals surface area contributed by atoms with E-state index in [1.54, 1.807) is 19.1 Å². The molecule has 1 atom stereocenters. The number of aryl methyl sites for hydroxylation is 1. The summed E-state index contributed by atoms with van der Waals surface area (Å²) < 4.78 is 15.6. The van der Waals surface area contributed by atoms with Crippen LogP contribution in [0, 0.1) is 6.92 Å². The van der Waals surface area contributed by atoms with Gasteiger partial charge in [0.2, 0.25) is 0 Å². The van der Waals surface area contributed by atoms with Gasteiger partial charge in [-0.3, -0.25) is 4.79 Å². The average Bonchev–Trinajstić information content (AvgIpc) is 2.65. The van der Waals surface area contributed by atoms with Crippen molar-refractivity contribution >= 4 is 51.7 Å². The number of esters is 1. The van der Waals surface area contributed by atoms with Crippen molar-refractivity contribution in [3.8, 4) is 5.75 Å². The number of carbonyl (C=O) groups excluding carboxylic acids is 2. The molecule has 0 saturated carbocycles. The Kier molecular flexibility index (Phi) is 6.64. The van der Waals surface area contributed by atoms with E-state index >= 15 is 0 Å². The third-order valence-corrected chi connectivity index (χ3v) is 4.52.